The lowest BCUT2D eigenvalue weighted by atomic mass is 10.0. The van der Waals surface area contributed by atoms with Crippen molar-refractivity contribution < 1.29 is 19.5 Å². The van der Waals surface area contributed by atoms with Gasteiger partial charge in [-0.15, -0.1) is 0 Å². The molecule has 1 aliphatic rings. The third-order valence-corrected chi connectivity index (χ3v) is 7.73. The molecule has 0 bridgehead atoms. The van der Waals surface area contributed by atoms with Crippen molar-refractivity contribution >= 4 is 63.8 Å². The van der Waals surface area contributed by atoms with E-state index in [0.717, 1.165) is 11.5 Å². The zero-order valence-corrected chi connectivity index (χ0v) is 23.1. The van der Waals surface area contributed by atoms with Crippen LogP contribution in [-0.2, 0) is 9.59 Å². The van der Waals surface area contributed by atoms with Crippen molar-refractivity contribution in [2.24, 2.45) is 0 Å². The Labute approximate surface area is 240 Å². The van der Waals surface area contributed by atoms with Crippen molar-refractivity contribution in [3.63, 3.8) is 0 Å². The van der Waals surface area contributed by atoms with E-state index in [9.17, 15) is 14.4 Å². The van der Waals surface area contributed by atoms with E-state index >= 15 is 0 Å². The quantitative estimate of drug-likeness (QED) is 0.276. The number of benzene rings is 2. The molecule has 5 rings (SSSR count). The second kappa shape index (κ2) is 11.1. The molecule has 1 fully saturated rings. The van der Waals surface area contributed by atoms with E-state index in [1.807, 2.05) is 13.0 Å². The van der Waals surface area contributed by atoms with Crippen LogP contribution in [0.1, 0.15) is 22.8 Å². The molecule has 204 valence electrons. The fourth-order valence-electron chi connectivity index (χ4n) is 5.22. The predicted molar refractivity (Wildman–Crippen MR) is 158 cm³/mol. The van der Waals surface area contributed by atoms with Gasteiger partial charge in [0.15, 0.2) is 0 Å². The molecule has 0 saturated carbocycles. The molecule has 40 heavy (non-hydrogen) atoms. The van der Waals surface area contributed by atoms with Crippen LogP contribution in [0, 0.1) is 0 Å². The van der Waals surface area contributed by atoms with Gasteiger partial charge in [-0.2, -0.15) is 0 Å². The molecule has 4 aromatic rings. The summed E-state index contributed by atoms with van der Waals surface area (Å²) in [6.45, 7) is 7.01. The van der Waals surface area contributed by atoms with Crippen molar-refractivity contribution in [3.05, 3.63) is 94.8 Å². The summed E-state index contributed by atoms with van der Waals surface area (Å²) in [4.78, 5) is 44.8. The number of carbonyl (C=O) groups excluding carboxylic acids is 2. The number of carbonyl (C=O) groups is 3. The highest BCUT2D eigenvalue weighted by atomic mass is 35.5. The lowest BCUT2D eigenvalue weighted by Crippen LogP contribution is -2.53. The van der Waals surface area contributed by atoms with Gasteiger partial charge in [-0.05, 0) is 48.9 Å². The summed E-state index contributed by atoms with van der Waals surface area (Å²) in [5.74, 6) is -0.912. The fraction of sp³-hybridized carbons (Fsp3) is 0.167. The maximum Gasteiger partial charge on any atom is 0.328 e. The Morgan fingerprint density at radius 2 is 1.80 bits per heavy atom. The molecule has 1 atom stereocenters. The van der Waals surface area contributed by atoms with Gasteiger partial charge >= 0.3 is 5.97 Å². The third-order valence-electron chi connectivity index (χ3n) is 7.10. The van der Waals surface area contributed by atoms with Gasteiger partial charge in [0, 0.05) is 70.7 Å². The van der Waals surface area contributed by atoms with E-state index < -0.39 is 5.97 Å². The number of nitrogens with zero attached hydrogens (tertiary/aromatic N) is 3. The maximum atomic E-state index is 14.4. The number of aromatic nitrogens is 2. The normalized spacial score (nSPS) is 15.6. The van der Waals surface area contributed by atoms with Crippen molar-refractivity contribution in [3.8, 4) is 11.1 Å². The Bertz CT molecular complexity index is 1670. The van der Waals surface area contributed by atoms with Gasteiger partial charge in [0.25, 0.3) is 5.91 Å². The molecule has 2 aromatic heterocycles. The number of carboxylic acids is 1. The number of anilines is 1. The number of amides is 1. The maximum absolute atomic E-state index is 14.4. The van der Waals surface area contributed by atoms with Crippen molar-refractivity contribution in [2.75, 3.05) is 24.5 Å². The molecule has 0 radical (unpaired) electrons. The first kappa shape index (κ1) is 27.3. The molecule has 1 amide bonds. The van der Waals surface area contributed by atoms with Gasteiger partial charge in [0.2, 0.25) is 5.91 Å². The van der Waals surface area contributed by atoms with E-state index in [2.05, 4.69) is 16.5 Å². The first-order valence-corrected chi connectivity index (χ1v) is 13.4. The number of carboxylic acid groups (broad SMARTS) is 1. The number of H-pyrrole nitrogens is 1. The SMILES string of the molecule is C=CC(=O)N1CCN(c2[nH]cc(-c3c(Cl)cccc3Cl)c2C(=O)n2ccc3c(/C=C/C(=O)O)cccc32)[C@H](C)C1. The summed E-state index contributed by atoms with van der Waals surface area (Å²) in [5.41, 5.74) is 2.76. The topological polar surface area (TPSA) is 98.6 Å². The molecule has 1 saturated heterocycles. The van der Waals surface area contributed by atoms with Gasteiger partial charge in [-0.1, -0.05) is 48.0 Å². The Hall–Kier alpha value is -4.27. The van der Waals surface area contributed by atoms with Crippen LogP contribution in [-0.4, -0.2) is 63.0 Å². The summed E-state index contributed by atoms with van der Waals surface area (Å²) < 4.78 is 1.54. The van der Waals surface area contributed by atoms with E-state index in [-0.39, 0.29) is 17.9 Å². The number of hydrogen-bond acceptors (Lipinski definition) is 4. The summed E-state index contributed by atoms with van der Waals surface area (Å²) in [6.07, 6.45) is 7.27. The number of hydrogen-bond donors (Lipinski definition) is 2. The average molecular weight is 577 g/mol. The second-order valence-electron chi connectivity index (χ2n) is 9.50. The minimum atomic E-state index is -1.06. The molecule has 0 unspecified atom stereocenters. The van der Waals surface area contributed by atoms with Crippen LogP contribution in [0.3, 0.4) is 0 Å². The number of halogens is 2. The van der Waals surface area contributed by atoms with Gasteiger partial charge in [-0.25, -0.2) is 4.79 Å². The van der Waals surface area contributed by atoms with Crippen LogP contribution in [0.4, 0.5) is 5.82 Å². The zero-order valence-electron chi connectivity index (χ0n) is 21.6. The van der Waals surface area contributed by atoms with E-state index in [1.165, 1.54) is 16.7 Å². The highest BCUT2D eigenvalue weighted by Gasteiger charge is 2.32. The summed E-state index contributed by atoms with van der Waals surface area (Å²) in [6, 6.07) is 12.2. The predicted octanol–water partition coefficient (Wildman–Crippen LogP) is 5.95. The van der Waals surface area contributed by atoms with Crippen LogP contribution in [0.15, 0.2) is 73.6 Å². The minimum Gasteiger partial charge on any atom is -0.478 e. The molecule has 8 nitrogen and oxygen atoms in total. The summed E-state index contributed by atoms with van der Waals surface area (Å²) in [5, 5.41) is 10.6. The molecule has 2 aromatic carbocycles. The molecule has 1 aliphatic heterocycles. The molecule has 0 spiro atoms. The number of aromatic amines is 1. The lowest BCUT2D eigenvalue weighted by Gasteiger charge is -2.40. The van der Waals surface area contributed by atoms with Crippen molar-refractivity contribution in [1.82, 2.24) is 14.5 Å². The highest BCUT2D eigenvalue weighted by Crippen LogP contribution is 2.41. The van der Waals surface area contributed by atoms with E-state index in [4.69, 9.17) is 28.3 Å². The first-order valence-electron chi connectivity index (χ1n) is 12.6. The number of fused-ring (bicyclic) bond motifs is 1. The van der Waals surface area contributed by atoms with Gasteiger partial charge < -0.3 is 19.9 Å². The molecule has 10 heteroatoms. The number of aliphatic carboxylic acids is 1. The molecular weight excluding hydrogens is 551 g/mol. The van der Waals surface area contributed by atoms with Crippen LogP contribution in [0.5, 0.6) is 0 Å². The van der Waals surface area contributed by atoms with Crippen molar-refractivity contribution in [2.45, 2.75) is 13.0 Å². The van der Waals surface area contributed by atoms with Gasteiger partial charge in [0.05, 0.1) is 11.1 Å². The Morgan fingerprint density at radius 3 is 2.48 bits per heavy atom. The Kier molecular flexibility index (Phi) is 7.56. The average Bonchev–Trinajstić information content (AvgIpc) is 3.56. The smallest absolute Gasteiger partial charge is 0.328 e. The number of nitrogens with one attached hydrogen (secondary N) is 1. The monoisotopic (exact) mass is 576 g/mol. The summed E-state index contributed by atoms with van der Waals surface area (Å²) >= 11 is 13.2. The van der Waals surface area contributed by atoms with Crippen LogP contribution >= 0.6 is 23.2 Å². The molecule has 0 aliphatic carbocycles. The number of piperazine rings is 1. The highest BCUT2D eigenvalue weighted by molar-refractivity contribution is 6.39. The fourth-order valence-corrected chi connectivity index (χ4v) is 5.82. The summed E-state index contributed by atoms with van der Waals surface area (Å²) in [7, 11) is 0. The molecular formula is C30H26Cl2N4O4. The van der Waals surface area contributed by atoms with Gasteiger partial charge in [-0.3, -0.25) is 14.2 Å². The second-order valence-corrected chi connectivity index (χ2v) is 10.3. The third kappa shape index (κ3) is 4.92. The Morgan fingerprint density at radius 1 is 1.07 bits per heavy atom. The van der Waals surface area contributed by atoms with Crippen molar-refractivity contribution in [1.29, 1.82) is 0 Å². The molecule has 2 N–H and O–H groups in total. The standard InChI is InChI=1S/C30H26Cl2N4O4/c1-3-25(37)34-14-15-35(18(2)17-34)29-28(21(16-33-29)27-22(31)7-5-8-23(27)32)30(40)36-13-12-20-19(10-11-26(38)39)6-4-9-24(20)36/h3-13,16,18,33H,1,14-15,17H2,2H3,(H,38,39)/b11-10+/t18-/m1/s1. The van der Waals surface area contributed by atoms with Crippen LogP contribution in [0.25, 0.3) is 28.1 Å². The Balaban J connectivity index is 1.65. The van der Waals surface area contributed by atoms with Crippen LogP contribution in [0.2, 0.25) is 10.0 Å². The first-order chi connectivity index (χ1) is 19.2. The van der Waals surface area contributed by atoms with E-state index in [1.54, 1.807) is 53.7 Å². The van der Waals surface area contributed by atoms with Crippen LogP contribution < -0.4 is 4.90 Å². The van der Waals surface area contributed by atoms with E-state index in [0.29, 0.717) is 63.3 Å². The largest absolute Gasteiger partial charge is 0.478 e. The lowest BCUT2D eigenvalue weighted by molar-refractivity contribution is -0.131. The zero-order chi connectivity index (χ0) is 28.6. The van der Waals surface area contributed by atoms with Gasteiger partial charge in [0.1, 0.15) is 5.82 Å². The molecule has 3 heterocycles. The minimum absolute atomic E-state index is 0.105. The number of rotatable bonds is 6.